The van der Waals surface area contributed by atoms with Gasteiger partial charge in [-0.15, -0.1) is 0 Å². The fourth-order valence-corrected chi connectivity index (χ4v) is 1.79. The van der Waals surface area contributed by atoms with E-state index in [1.807, 2.05) is 0 Å². The van der Waals surface area contributed by atoms with Crippen LogP contribution in [-0.4, -0.2) is 23.8 Å². The lowest BCUT2D eigenvalue weighted by Gasteiger charge is -2.14. The lowest BCUT2D eigenvalue weighted by atomic mass is 10.1. The molecule has 1 rings (SSSR count). The molecule has 0 spiro atoms. The van der Waals surface area contributed by atoms with E-state index in [9.17, 15) is 9.90 Å². The van der Waals surface area contributed by atoms with Gasteiger partial charge in [0, 0.05) is 10.0 Å². The average molecular weight is 317 g/mol. The molecule has 0 aromatic heterocycles. The van der Waals surface area contributed by atoms with Crippen molar-refractivity contribution in [2.24, 2.45) is 0 Å². The van der Waals surface area contributed by atoms with Crippen molar-refractivity contribution in [3.05, 3.63) is 28.2 Å². The van der Waals surface area contributed by atoms with Crippen LogP contribution in [0.5, 0.6) is 5.75 Å². The molecule has 4 nitrogen and oxygen atoms in total. The molecule has 0 bridgehead atoms. The van der Waals surface area contributed by atoms with Gasteiger partial charge in [-0.05, 0) is 39.0 Å². The molecule has 5 heteroatoms. The van der Waals surface area contributed by atoms with Crippen LogP contribution in [0.2, 0.25) is 0 Å². The van der Waals surface area contributed by atoms with E-state index in [2.05, 4.69) is 15.9 Å². The zero-order chi connectivity index (χ0) is 13.7. The molecule has 0 aliphatic carbocycles. The maximum atomic E-state index is 11.4. The van der Waals surface area contributed by atoms with E-state index in [4.69, 9.17) is 9.47 Å². The second kappa shape index (κ2) is 6.75. The first-order chi connectivity index (χ1) is 8.40. The zero-order valence-electron chi connectivity index (χ0n) is 10.6. The number of aliphatic hydroxyl groups excluding tert-OH is 1. The molecule has 0 saturated heterocycles. The molecule has 0 aliphatic rings. The summed E-state index contributed by atoms with van der Waals surface area (Å²) in [6.07, 6.45) is -0.833. The van der Waals surface area contributed by atoms with Crippen LogP contribution in [0.3, 0.4) is 0 Å². The highest BCUT2D eigenvalue weighted by Crippen LogP contribution is 2.28. The number of carbonyl (C=O) groups excluding carboxylic acids is 1. The molecule has 0 heterocycles. The number of ether oxygens (including phenoxy) is 2. The first kappa shape index (κ1) is 15.0. The predicted octanol–water partition coefficient (Wildman–Crippen LogP) is 2.83. The van der Waals surface area contributed by atoms with Gasteiger partial charge in [-0.3, -0.25) is 0 Å². The first-order valence-corrected chi connectivity index (χ1v) is 6.49. The second-order valence-electron chi connectivity index (χ2n) is 4.19. The Hall–Kier alpha value is -1.07. The number of hydrogen-bond donors (Lipinski definition) is 1. The van der Waals surface area contributed by atoms with E-state index in [1.54, 1.807) is 39.0 Å². The molecular formula is C13H17BrO4. The summed E-state index contributed by atoms with van der Waals surface area (Å²) in [6, 6.07) is 5.25. The molecule has 0 aliphatic heterocycles. The molecule has 0 saturated carbocycles. The number of rotatable bonds is 5. The molecule has 1 N–H and O–H groups in total. The Labute approximate surface area is 115 Å². The fraction of sp³-hybridized carbons (Fsp3) is 0.462. The molecule has 1 atom stereocenters. The predicted molar refractivity (Wildman–Crippen MR) is 71.5 cm³/mol. The highest BCUT2D eigenvalue weighted by atomic mass is 79.9. The zero-order valence-corrected chi connectivity index (χ0v) is 12.2. The Morgan fingerprint density at radius 3 is 2.61 bits per heavy atom. The summed E-state index contributed by atoms with van der Waals surface area (Å²) in [6.45, 7) is 5.03. The van der Waals surface area contributed by atoms with Crippen LogP contribution in [0.15, 0.2) is 22.7 Å². The minimum Gasteiger partial charge on any atom is -0.482 e. The Morgan fingerprint density at radius 1 is 1.39 bits per heavy atom. The summed E-state index contributed by atoms with van der Waals surface area (Å²) < 4.78 is 11.2. The second-order valence-corrected chi connectivity index (χ2v) is 5.10. The van der Waals surface area contributed by atoms with Gasteiger partial charge in [0.2, 0.25) is 0 Å². The van der Waals surface area contributed by atoms with Gasteiger partial charge in [-0.1, -0.05) is 15.9 Å². The fourth-order valence-electron chi connectivity index (χ4n) is 1.41. The quantitative estimate of drug-likeness (QED) is 0.849. The SMILES string of the molecule is CC(C)OC(=O)COc1ccc(Br)cc1[C@H](C)O. The van der Waals surface area contributed by atoms with E-state index in [1.165, 1.54) is 0 Å². The van der Waals surface area contributed by atoms with Crippen molar-refractivity contribution < 1.29 is 19.4 Å². The Morgan fingerprint density at radius 2 is 2.06 bits per heavy atom. The maximum absolute atomic E-state index is 11.4. The van der Waals surface area contributed by atoms with Gasteiger partial charge in [0.1, 0.15) is 5.75 Å². The molecule has 1 aromatic rings. The van der Waals surface area contributed by atoms with Crippen molar-refractivity contribution in [1.82, 2.24) is 0 Å². The van der Waals surface area contributed by atoms with Crippen LogP contribution in [0.4, 0.5) is 0 Å². The van der Waals surface area contributed by atoms with Gasteiger partial charge in [0.15, 0.2) is 6.61 Å². The van der Waals surface area contributed by atoms with Crippen molar-refractivity contribution in [2.45, 2.75) is 33.0 Å². The van der Waals surface area contributed by atoms with Gasteiger partial charge in [-0.2, -0.15) is 0 Å². The number of aliphatic hydroxyl groups is 1. The smallest absolute Gasteiger partial charge is 0.344 e. The number of esters is 1. The van der Waals surface area contributed by atoms with Crippen molar-refractivity contribution in [2.75, 3.05) is 6.61 Å². The Balaban J connectivity index is 2.70. The molecule has 18 heavy (non-hydrogen) atoms. The average Bonchev–Trinajstić information content (AvgIpc) is 2.26. The molecule has 0 unspecified atom stereocenters. The monoisotopic (exact) mass is 316 g/mol. The van der Waals surface area contributed by atoms with Crippen LogP contribution in [0.25, 0.3) is 0 Å². The standard InChI is InChI=1S/C13H17BrO4/c1-8(2)18-13(16)7-17-12-5-4-10(14)6-11(12)9(3)15/h4-6,8-9,15H,7H2,1-3H3/t9-/m0/s1. The number of halogens is 1. The van der Waals surface area contributed by atoms with Gasteiger partial charge in [0.25, 0.3) is 0 Å². The van der Waals surface area contributed by atoms with Crippen LogP contribution in [-0.2, 0) is 9.53 Å². The number of hydrogen-bond acceptors (Lipinski definition) is 4. The summed E-state index contributed by atoms with van der Waals surface area (Å²) in [5, 5.41) is 9.62. The molecule has 0 radical (unpaired) electrons. The van der Waals surface area contributed by atoms with E-state index < -0.39 is 12.1 Å². The third kappa shape index (κ3) is 4.66. The van der Waals surface area contributed by atoms with Gasteiger partial charge >= 0.3 is 5.97 Å². The van der Waals surface area contributed by atoms with Gasteiger partial charge in [-0.25, -0.2) is 4.79 Å². The normalized spacial score (nSPS) is 12.3. The summed E-state index contributed by atoms with van der Waals surface area (Å²) in [7, 11) is 0. The molecule has 1 aromatic carbocycles. The van der Waals surface area contributed by atoms with E-state index in [0.29, 0.717) is 11.3 Å². The topological polar surface area (TPSA) is 55.8 Å². The molecular weight excluding hydrogens is 300 g/mol. The molecule has 0 amide bonds. The Kier molecular flexibility index (Phi) is 5.62. The van der Waals surface area contributed by atoms with Crippen LogP contribution < -0.4 is 4.74 Å². The van der Waals surface area contributed by atoms with Crippen molar-refractivity contribution in [3.8, 4) is 5.75 Å². The lowest BCUT2D eigenvalue weighted by molar-refractivity contribution is -0.149. The summed E-state index contributed by atoms with van der Waals surface area (Å²) in [5.41, 5.74) is 0.627. The molecule has 0 fully saturated rings. The van der Waals surface area contributed by atoms with Crippen molar-refractivity contribution >= 4 is 21.9 Å². The van der Waals surface area contributed by atoms with Gasteiger partial charge < -0.3 is 14.6 Å². The van der Waals surface area contributed by atoms with Crippen molar-refractivity contribution in [3.63, 3.8) is 0 Å². The lowest BCUT2D eigenvalue weighted by Crippen LogP contribution is -2.19. The largest absolute Gasteiger partial charge is 0.482 e. The third-order valence-corrected chi connectivity index (χ3v) is 2.63. The first-order valence-electron chi connectivity index (χ1n) is 5.70. The van der Waals surface area contributed by atoms with Gasteiger partial charge in [0.05, 0.1) is 12.2 Å². The third-order valence-electron chi connectivity index (χ3n) is 2.13. The van der Waals surface area contributed by atoms with Crippen LogP contribution >= 0.6 is 15.9 Å². The molecule has 100 valence electrons. The Bertz CT molecular complexity index is 415. The minimum atomic E-state index is -0.668. The summed E-state index contributed by atoms with van der Waals surface area (Å²) in [5.74, 6) is 0.0540. The van der Waals surface area contributed by atoms with E-state index in [0.717, 1.165) is 4.47 Å². The maximum Gasteiger partial charge on any atom is 0.344 e. The highest BCUT2D eigenvalue weighted by molar-refractivity contribution is 9.10. The number of benzene rings is 1. The van der Waals surface area contributed by atoms with E-state index in [-0.39, 0.29) is 12.7 Å². The van der Waals surface area contributed by atoms with E-state index >= 15 is 0 Å². The van der Waals surface area contributed by atoms with Crippen molar-refractivity contribution in [1.29, 1.82) is 0 Å². The minimum absolute atomic E-state index is 0.165. The van der Waals surface area contributed by atoms with Crippen LogP contribution in [0, 0.1) is 0 Å². The summed E-state index contributed by atoms with van der Waals surface area (Å²) in [4.78, 5) is 11.4. The summed E-state index contributed by atoms with van der Waals surface area (Å²) >= 11 is 3.32. The highest BCUT2D eigenvalue weighted by Gasteiger charge is 2.12. The van der Waals surface area contributed by atoms with Crippen LogP contribution in [0.1, 0.15) is 32.4 Å². The number of carbonyl (C=O) groups is 1.